The average molecular weight is 663 g/mol. The van der Waals surface area contributed by atoms with Gasteiger partial charge in [-0.15, -0.1) is 0 Å². The summed E-state index contributed by atoms with van der Waals surface area (Å²) in [5.74, 6) is -11.3. The molecule has 0 aliphatic carbocycles. The molecular weight excluding hydrogens is 638 g/mol. The minimum Gasteiger partial charge on any atom is -0.429 e. The van der Waals surface area contributed by atoms with E-state index in [1.54, 1.807) is 6.07 Å². The van der Waals surface area contributed by atoms with Crippen molar-refractivity contribution >= 4 is 0 Å². The predicted molar refractivity (Wildman–Crippen MR) is 157 cm³/mol. The Morgan fingerprint density at radius 1 is 0.511 bits per heavy atom. The van der Waals surface area contributed by atoms with Crippen LogP contribution in [0.25, 0.3) is 33.4 Å². The van der Waals surface area contributed by atoms with E-state index in [2.05, 4.69) is 4.74 Å². The van der Waals surface area contributed by atoms with Crippen LogP contribution in [0.4, 0.5) is 43.9 Å². The quantitative estimate of drug-likeness (QED) is 0.107. The zero-order chi connectivity index (χ0) is 34.0. The fraction of sp³-hybridized carbons (Fsp3) is 0.167. The number of halogens is 10. The maximum atomic E-state index is 15.2. The number of alkyl halides is 2. The summed E-state index contributed by atoms with van der Waals surface area (Å²) in [6.45, 7) is 2.03. The van der Waals surface area contributed by atoms with E-state index in [-0.39, 0.29) is 11.1 Å². The molecule has 0 spiro atoms. The summed E-state index contributed by atoms with van der Waals surface area (Å²) in [4.78, 5) is 0. The van der Waals surface area contributed by atoms with Crippen molar-refractivity contribution in [1.82, 2.24) is 0 Å². The molecule has 11 heteroatoms. The minimum atomic E-state index is -4.41. The van der Waals surface area contributed by atoms with Gasteiger partial charge < -0.3 is 4.74 Å². The van der Waals surface area contributed by atoms with Gasteiger partial charge in [0.2, 0.25) is 0 Å². The predicted octanol–water partition coefficient (Wildman–Crippen LogP) is 11.7. The van der Waals surface area contributed by atoms with Crippen LogP contribution >= 0.6 is 0 Å². The molecule has 0 heterocycles. The Bertz CT molecular complexity index is 1910. The van der Waals surface area contributed by atoms with Crippen molar-refractivity contribution in [3.8, 4) is 39.1 Å². The van der Waals surface area contributed by atoms with Gasteiger partial charge in [-0.25, -0.2) is 35.1 Å². The van der Waals surface area contributed by atoms with Crippen molar-refractivity contribution in [3.05, 3.63) is 137 Å². The Morgan fingerprint density at radius 2 is 1.11 bits per heavy atom. The first kappa shape index (κ1) is 33.6. The minimum absolute atomic E-state index is 0.0763. The first-order valence-electron chi connectivity index (χ1n) is 14.4. The second-order valence-corrected chi connectivity index (χ2v) is 10.8. The van der Waals surface area contributed by atoms with Crippen LogP contribution in [-0.2, 0) is 12.5 Å². The number of hydrogen-bond donors (Lipinski definition) is 0. The normalized spacial score (nSPS) is 11.6. The summed E-state index contributed by atoms with van der Waals surface area (Å²) in [6, 6.07) is 10.3. The van der Waals surface area contributed by atoms with E-state index in [0.29, 0.717) is 48.9 Å². The van der Waals surface area contributed by atoms with E-state index >= 15 is 17.6 Å². The molecule has 47 heavy (non-hydrogen) atoms. The zero-order valence-corrected chi connectivity index (χ0v) is 24.5. The second-order valence-electron chi connectivity index (χ2n) is 10.8. The topological polar surface area (TPSA) is 9.23 Å². The van der Waals surface area contributed by atoms with Crippen LogP contribution in [-0.4, -0.2) is 0 Å². The maximum Gasteiger partial charge on any atom is 0.429 e. The van der Waals surface area contributed by atoms with Crippen LogP contribution in [0.15, 0.2) is 78.9 Å². The standard InChI is InChI=1S/C36H24F10O/c1-2-3-4-5-19-6-9-24(27(38)12-19)21-14-30(41)35(31(42)15-21)22-16-32(43)34(33(44)17-22)20-7-10-25(28(39)13-20)36(45,46)47-23-8-11-26(37)29(40)18-23/h6-18H,2-5H2,1H3. The van der Waals surface area contributed by atoms with Crippen LogP contribution in [0, 0.1) is 46.5 Å². The summed E-state index contributed by atoms with van der Waals surface area (Å²) in [7, 11) is 0. The summed E-state index contributed by atoms with van der Waals surface area (Å²) in [5, 5.41) is 0. The Kier molecular flexibility index (Phi) is 9.65. The highest BCUT2D eigenvalue weighted by Gasteiger charge is 2.38. The SMILES string of the molecule is CCCCCc1ccc(-c2cc(F)c(-c3cc(F)c(-c4ccc(C(F)(F)Oc5ccc(F)c(F)c5)c(F)c4)c(F)c3)c(F)c2)c(F)c1. The Balaban J connectivity index is 1.42. The summed E-state index contributed by atoms with van der Waals surface area (Å²) < 4.78 is 151. The molecule has 0 bridgehead atoms. The molecule has 0 aromatic heterocycles. The van der Waals surface area contributed by atoms with Crippen LogP contribution in [0.3, 0.4) is 0 Å². The van der Waals surface area contributed by atoms with Gasteiger partial charge in [0.15, 0.2) is 11.6 Å². The third-order valence-corrected chi connectivity index (χ3v) is 7.49. The van der Waals surface area contributed by atoms with Gasteiger partial charge in [-0.1, -0.05) is 38.0 Å². The van der Waals surface area contributed by atoms with Gasteiger partial charge in [0, 0.05) is 11.6 Å². The molecule has 5 aromatic rings. The van der Waals surface area contributed by atoms with Crippen molar-refractivity contribution in [2.75, 3.05) is 0 Å². The highest BCUT2D eigenvalue weighted by atomic mass is 19.3. The summed E-state index contributed by atoms with van der Waals surface area (Å²) in [6.07, 6.45) is -0.972. The van der Waals surface area contributed by atoms with Gasteiger partial charge in [-0.3, -0.25) is 0 Å². The van der Waals surface area contributed by atoms with Gasteiger partial charge in [0.25, 0.3) is 0 Å². The van der Waals surface area contributed by atoms with Crippen molar-refractivity contribution in [2.24, 2.45) is 0 Å². The van der Waals surface area contributed by atoms with E-state index in [4.69, 9.17) is 0 Å². The smallest absolute Gasteiger partial charge is 0.429 e. The first-order chi connectivity index (χ1) is 22.3. The molecule has 1 nitrogen and oxygen atoms in total. The van der Waals surface area contributed by atoms with Crippen molar-refractivity contribution < 1.29 is 48.6 Å². The number of hydrogen-bond acceptors (Lipinski definition) is 1. The lowest BCUT2D eigenvalue weighted by Crippen LogP contribution is -2.23. The monoisotopic (exact) mass is 662 g/mol. The van der Waals surface area contributed by atoms with Gasteiger partial charge in [-0.05, 0) is 89.7 Å². The molecule has 0 fully saturated rings. The van der Waals surface area contributed by atoms with E-state index in [1.807, 2.05) is 6.92 Å². The van der Waals surface area contributed by atoms with Gasteiger partial charge in [-0.2, -0.15) is 8.78 Å². The molecule has 0 aliphatic rings. The molecular formula is C36H24F10O. The molecule has 244 valence electrons. The van der Waals surface area contributed by atoms with Crippen LogP contribution < -0.4 is 4.74 Å². The molecule has 0 amide bonds. The van der Waals surface area contributed by atoms with Crippen LogP contribution in [0.1, 0.15) is 37.3 Å². The highest BCUT2D eigenvalue weighted by molar-refractivity contribution is 5.75. The number of ether oxygens (including phenoxy) is 1. The molecule has 0 N–H and O–H groups in total. The average Bonchev–Trinajstić information content (AvgIpc) is 2.98. The summed E-state index contributed by atoms with van der Waals surface area (Å²) in [5.41, 5.74) is -3.68. The van der Waals surface area contributed by atoms with Crippen molar-refractivity contribution in [1.29, 1.82) is 0 Å². The molecule has 5 rings (SSSR count). The Morgan fingerprint density at radius 3 is 1.68 bits per heavy atom. The molecule has 0 saturated heterocycles. The fourth-order valence-electron chi connectivity index (χ4n) is 5.17. The third kappa shape index (κ3) is 7.13. The number of benzene rings is 5. The third-order valence-electron chi connectivity index (χ3n) is 7.49. The molecule has 0 unspecified atom stereocenters. The van der Waals surface area contributed by atoms with Gasteiger partial charge in [0.1, 0.15) is 40.7 Å². The lowest BCUT2D eigenvalue weighted by molar-refractivity contribution is -0.187. The van der Waals surface area contributed by atoms with E-state index in [9.17, 15) is 26.3 Å². The molecule has 0 atom stereocenters. The largest absolute Gasteiger partial charge is 0.429 e. The highest BCUT2D eigenvalue weighted by Crippen LogP contribution is 2.39. The molecule has 0 saturated carbocycles. The number of unbranched alkanes of at least 4 members (excludes halogenated alkanes) is 2. The number of rotatable bonds is 10. The number of aryl methyl sites for hydroxylation is 1. The van der Waals surface area contributed by atoms with Crippen molar-refractivity contribution in [2.45, 2.75) is 38.7 Å². The second kappa shape index (κ2) is 13.5. The maximum absolute atomic E-state index is 15.2. The lowest BCUT2D eigenvalue weighted by Gasteiger charge is -2.19. The van der Waals surface area contributed by atoms with Gasteiger partial charge >= 0.3 is 6.11 Å². The lowest BCUT2D eigenvalue weighted by atomic mass is 9.95. The van der Waals surface area contributed by atoms with E-state index in [0.717, 1.165) is 43.0 Å². The molecule has 5 aromatic carbocycles. The zero-order valence-electron chi connectivity index (χ0n) is 24.5. The van der Waals surface area contributed by atoms with Crippen molar-refractivity contribution in [3.63, 3.8) is 0 Å². The first-order valence-corrected chi connectivity index (χ1v) is 14.4. The van der Waals surface area contributed by atoms with Crippen LogP contribution in [0.2, 0.25) is 0 Å². The Hall–Kier alpha value is -4.80. The molecule has 0 aliphatic heterocycles. The molecule has 0 radical (unpaired) electrons. The Labute approximate surface area is 263 Å². The van der Waals surface area contributed by atoms with E-state index < -0.39 is 86.2 Å². The summed E-state index contributed by atoms with van der Waals surface area (Å²) >= 11 is 0. The van der Waals surface area contributed by atoms with E-state index in [1.165, 1.54) is 12.1 Å². The van der Waals surface area contributed by atoms with Crippen LogP contribution in [0.5, 0.6) is 5.75 Å². The fourth-order valence-corrected chi connectivity index (χ4v) is 5.17. The van der Waals surface area contributed by atoms with Gasteiger partial charge in [0.05, 0.1) is 16.7 Å².